The minimum atomic E-state index is 0.906. The third-order valence-electron chi connectivity index (χ3n) is 2.31. The summed E-state index contributed by atoms with van der Waals surface area (Å²) in [4.78, 5) is 6.38. The molecule has 1 aromatic carbocycles. The Balaban J connectivity index is 1.99. The van der Waals surface area contributed by atoms with Crippen LogP contribution in [0.1, 0.15) is 5.56 Å². The zero-order valence-corrected chi connectivity index (χ0v) is 8.31. The van der Waals surface area contributed by atoms with Gasteiger partial charge in [0.05, 0.1) is 20.0 Å². The highest BCUT2D eigenvalue weighted by Gasteiger charge is 2.05. The lowest BCUT2D eigenvalue weighted by atomic mass is 10.2. The van der Waals surface area contributed by atoms with Crippen LogP contribution in [0.2, 0.25) is 0 Å². The molecule has 0 radical (unpaired) electrons. The van der Waals surface area contributed by atoms with E-state index in [9.17, 15) is 0 Å². The molecule has 3 heteroatoms. The largest absolute Gasteiger partial charge is 0.497 e. The lowest BCUT2D eigenvalue weighted by molar-refractivity contribution is 0.414. The van der Waals surface area contributed by atoms with Crippen LogP contribution in [0, 0.1) is 0 Å². The average Bonchev–Trinajstić information content (AvgIpc) is 2.72. The predicted molar refractivity (Wildman–Crippen MR) is 56.8 cm³/mol. The summed E-state index contributed by atoms with van der Waals surface area (Å²) in [6, 6.07) is 8.15. The average molecular weight is 190 g/mol. The molecule has 0 bridgehead atoms. The molecule has 0 amide bonds. The van der Waals surface area contributed by atoms with E-state index in [1.54, 1.807) is 7.11 Å². The highest BCUT2D eigenvalue weighted by atomic mass is 16.5. The Hall–Kier alpha value is -1.51. The number of aliphatic imine (C=N–C) groups is 1. The summed E-state index contributed by atoms with van der Waals surface area (Å²) in [6.07, 6.45) is 1.92. The fourth-order valence-electron chi connectivity index (χ4n) is 1.50. The van der Waals surface area contributed by atoms with E-state index >= 15 is 0 Å². The van der Waals surface area contributed by atoms with Gasteiger partial charge in [0.2, 0.25) is 0 Å². The zero-order valence-electron chi connectivity index (χ0n) is 8.31. The van der Waals surface area contributed by atoms with Gasteiger partial charge in [-0.25, -0.2) is 0 Å². The van der Waals surface area contributed by atoms with Crippen molar-refractivity contribution in [3.63, 3.8) is 0 Å². The van der Waals surface area contributed by atoms with E-state index in [2.05, 4.69) is 22.0 Å². The molecule has 2 rings (SSSR count). The van der Waals surface area contributed by atoms with Crippen LogP contribution in [0.5, 0.6) is 5.75 Å². The van der Waals surface area contributed by atoms with Crippen LogP contribution in [0.4, 0.5) is 0 Å². The van der Waals surface area contributed by atoms with Gasteiger partial charge in [0.15, 0.2) is 0 Å². The summed E-state index contributed by atoms with van der Waals surface area (Å²) >= 11 is 0. The quantitative estimate of drug-likeness (QED) is 0.722. The summed E-state index contributed by atoms with van der Waals surface area (Å²) in [5.41, 5.74) is 1.29. The number of hydrogen-bond acceptors (Lipinski definition) is 3. The highest BCUT2D eigenvalue weighted by Crippen LogP contribution is 2.13. The van der Waals surface area contributed by atoms with Gasteiger partial charge in [0.25, 0.3) is 0 Å². The Morgan fingerprint density at radius 3 is 2.71 bits per heavy atom. The SMILES string of the molecule is COc1ccc(CN2C=NCC2)cc1. The van der Waals surface area contributed by atoms with Gasteiger partial charge in [-0.05, 0) is 17.7 Å². The summed E-state index contributed by atoms with van der Waals surface area (Å²) in [7, 11) is 1.68. The molecule has 0 saturated carbocycles. The van der Waals surface area contributed by atoms with Crippen molar-refractivity contribution in [1.82, 2.24) is 4.90 Å². The molecule has 0 aromatic heterocycles. The van der Waals surface area contributed by atoms with Crippen molar-refractivity contribution in [1.29, 1.82) is 0 Å². The second-order valence-corrected chi connectivity index (χ2v) is 3.34. The normalized spacial score (nSPS) is 14.8. The molecule has 0 spiro atoms. The van der Waals surface area contributed by atoms with Crippen molar-refractivity contribution < 1.29 is 4.74 Å². The fraction of sp³-hybridized carbons (Fsp3) is 0.364. The maximum Gasteiger partial charge on any atom is 0.118 e. The topological polar surface area (TPSA) is 24.8 Å². The van der Waals surface area contributed by atoms with E-state index in [0.29, 0.717) is 0 Å². The first-order chi connectivity index (χ1) is 6.88. The van der Waals surface area contributed by atoms with Gasteiger partial charge < -0.3 is 9.64 Å². The predicted octanol–water partition coefficient (Wildman–Crippen LogP) is 1.54. The Morgan fingerprint density at radius 1 is 1.36 bits per heavy atom. The molecule has 0 atom stereocenters. The second-order valence-electron chi connectivity index (χ2n) is 3.34. The molecular formula is C11H14N2O. The van der Waals surface area contributed by atoms with Gasteiger partial charge >= 0.3 is 0 Å². The number of hydrogen-bond donors (Lipinski definition) is 0. The second kappa shape index (κ2) is 4.13. The number of benzene rings is 1. The molecule has 0 aliphatic carbocycles. The lowest BCUT2D eigenvalue weighted by Gasteiger charge is -2.13. The molecular weight excluding hydrogens is 176 g/mol. The van der Waals surface area contributed by atoms with Crippen molar-refractivity contribution in [3.8, 4) is 5.75 Å². The number of nitrogens with zero attached hydrogens (tertiary/aromatic N) is 2. The third kappa shape index (κ3) is 2.05. The first kappa shape index (κ1) is 9.06. The Morgan fingerprint density at radius 2 is 2.14 bits per heavy atom. The minimum absolute atomic E-state index is 0.906. The van der Waals surface area contributed by atoms with Crippen LogP contribution in [0.3, 0.4) is 0 Å². The molecule has 1 heterocycles. The van der Waals surface area contributed by atoms with Gasteiger partial charge in [-0.1, -0.05) is 12.1 Å². The minimum Gasteiger partial charge on any atom is -0.497 e. The van der Waals surface area contributed by atoms with E-state index < -0.39 is 0 Å². The van der Waals surface area contributed by atoms with Crippen LogP contribution in [0.15, 0.2) is 29.3 Å². The van der Waals surface area contributed by atoms with Crippen LogP contribution >= 0.6 is 0 Å². The number of methoxy groups -OCH3 is 1. The Bertz CT molecular complexity index is 319. The maximum absolute atomic E-state index is 5.10. The van der Waals surface area contributed by atoms with Gasteiger partial charge in [-0.15, -0.1) is 0 Å². The Labute approximate surface area is 84.0 Å². The van der Waals surface area contributed by atoms with Crippen LogP contribution in [-0.2, 0) is 6.54 Å². The fourth-order valence-corrected chi connectivity index (χ4v) is 1.50. The molecule has 1 aliphatic rings. The molecule has 1 aromatic rings. The van der Waals surface area contributed by atoms with E-state index in [4.69, 9.17) is 4.74 Å². The highest BCUT2D eigenvalue weighted by molar-refractivity contribution is 5.57. The molecule has 0 saturated heterocycles. The van der Waals surface area contributed by atoms with Crippen molar-refractivity contribution >= 4 is 6.34 Å². The van der Waals surface area contributed by atoms with Crippen molar-refractivity contribution in [3.05, 3.63) is 29.8 Å². The van der Waals surface area contributed by atoms with Crippen LogP contribution in [-0.4, -0.2) is 31.4 Å². The summed E-state index contributed by atoms with van der Waals surface area (Å²) in [5, 5.41) is 0. The van der Waals surface area contributed by atoms with Crippen LogP contribution < -0.4 is 4.74 Å². The third-order valence-corrected chi connectivity index (χ3v) is 2.31. The number of ether oxygens (including phenoxy) is 1. The van der Waals surface area contributed by atoms with Gasteiger partial charge in [-0.2, -0.15) is 0 Å². The molecule has 0 unspecified atom stereocenters. The molecule has 14 heavy (non-hydrogen) atoms. The lowest BCUT2D eigenvalue weighted by Crippen LogP contribution is -2.18. The first-order valence-corrected chi connectivity index (χ1v) is 4.75. The van der Waals surface area contributed by atoms with Crippen molar-refractivity contribution in [2.24, 2.45) is 4.99 Å². The number of rotatable bonds is 3. The van der Waals surface area contributed by atoms with Gasteiger partial charge in [0, 0.05) is 13.1 Å². The zero-order chi connectivity index (χ0) is 9.80. The maximum atomic E-state index is 5.10. The summed E-state index contributed by atoms with van der Waals surface area (Å²) < 4.78 is 5.10. The van der Waals surface area contributed by atoms with E-state index in [0.717, 1.165) is 25.4 Å². The summed E-state index contributed by atoms with van der Waals surface area (Å²) in [5.74, 6) is 0.906. The van der Waals surface area contributed by atoms with E-state index in [-0.39, 0.29) is 0 Å². The first-order valence-electron chi connectivity index (χ1n) is 4.75. The van der Waals surface area contributed by atoms with E-state index in [1.165, 1.54) is 5.56 Å². The van der Waals surface area contributed by atoms with Crippen molar-refractivity contribution in [2.45, 2.75) is 6.54 Å². The molecule has 3 nitrogen and oxygen atoms in total. The molecule has 0 fully saturated rings. The standard InChI is InChI=1S/C11H14N2O/c1-14-11-4-2-10(3-5-11)8-13-7-6-12-9-13/h2-5,9H,6-8H2,1H3. The van der Waals surface area contributed by atoms with Gasteiger partial charge in [-0.3, -0.25) is 4.99 Å². The van der Waals surface area contributed by atoms with Gasteiger partial charge in [0.1, 0.15) is 5.75 Å². The summed E-state index contributed by atoms with van der Waals surface area (Å²) in [6.45, 7) is 2.90. The van der Waals surface area contributed by atoms with Crippen molar-refractivity contribution in [2.75, 3.05) is 20.2 Å². The smallest absolute Gasteiger partial charge is 0.118 e. The molecule has 0 N–H and O–H groups in total. The molecule has 74 valence electrons. The van der Waals surface area contributed by atoms with E-state index in [1.807, 2.05) is 18.5 Å². The molecule has 1 aliphatic heterocycles. The Kier molecular flexibility index (Phi) is 2.68. The monoisotopic (exact) mass is 190 g/mol. The van der Waals surface area contributed by atoms with Crippen LogP contribution in [0.25, 0.3) is 0 Å².